The Labute approximate surface area is 145 Å². The van der Waals surface area contributed by atoms with Crippen molar-refractivity contribution < 1.29 is 9.18 Å². The van der Waals surface area contributed by atoms with Gasteiger partial charge in [0.25, 0.3) is 5.56 Å². The van der Waals surface area contributed by atoms with Crippen LogP contribution in [0.15, 0.2) is 35.1 Å². The fourth-order valence-corrected chi connectivity index (χ4v) is 2.91. The zero-order valence-electron chi connectivity index (χ0n) is 14.4. The molecule has 25 heavy (non-hydrogen) atoms. The van der Waals surface area contributed by atoms with E-state index in [0.29, 0.717) is 12.1 Å². The van der Waals surface area contributed by atoms with Crippen molar-refractivity contribution in [2.75, 3.05) is 0 Å². The van der Waals surface area contributed by atoms with Gasteiger partial charge < -0.3 is 15.2 Å². The predicted octanol–water partition coefficient (Wildman–Crippen LogP) is 3.01. The largest absolute Gasteiger partial charge is 0.334 e. The van der Waals surface area contributed by atoms with Gasteiger partial charge in [-0.25, -0.2) is 9.18 Å². The number of urea groups is 1. The molecular formula is C19H22FN3O2. The number of H-pyrrole nitrogens is 1. The van der Waals surface area contributed by atoms with Crippen LogP contribution in [0.2, 0.25) is 0 Å². The van der Waals surface area contributed by atoms with Gasteiger partial charge >= 0.3 is 6.03 Å². The molecule has 0 atom stereocenters. The molecule has 1 saturated carbocycles. The molecule has 1 fully saturated rings. The van der Waals surface area contributed by atoms with Crippen LogP contribution in [-0.2, 0) is 13.1 Å². The number of hydrogen-bond acceptors (Lipinski definition) is 2. The van der Waals surface area contributed by atoms with E-state index in [0.717, 1.165) is 29.7 Å². The number of carbonyl (C=O) groups excluding carboxylic acids is 1. The molecule has 1 aliphatic carbocycles. The Bertz CT molecular complexity index is 826. The molecule has 1 aromatic carbocycles. The number of pyridine rings is 1. The number of amides is 2. The molecule has 0 radical (unpaired) electrons. The van der Waals surface area contributed by atoms with Crippen LogP contribution in [-0.4, -0.2) is 22.0 Å². The van der Waals surface area contributed by atoms with Crippen molar-refractivity contribution in [2.24, 2.45) is 0 Å². The Morgan fingerprint density at radius 2 is 1.96 bits per heavy atom. The highest BCUT2D eigenvalue weighted by atomic mass is 19.1. The monoisotopic (exact) mass is 343 g/mol. The van der Waals surface area contributed by atoms with Crippen LogP contribution in [0.3, 0.4) is 0 Å². The summed E-state index contributed by atoms with van der Waals surface area (Å²) in [4.78, 5) is 29.2. The molecular weight excluding hydrogens is 321 g/mol. The molecule has 0 aliphatic heterocycles. The summed E-state index contributed by atoms with van der Waals surface area (Å²) in [5.74, 6) is -0.291. The molecule has 1 aliphatic rings. The predicted molar refractivity (Wildman–Crippen MR) is 93.7 cm³/mol. The molecule has 2 N–H and O–H groups in total. The van der Waals surface area contributed by atoms with E-state index in [1.807, 2.05) is 19.9 Å². The first kappa shape index (κ1) is 17.2. The third-order valence-corrected chi connectivity index (χ3v) is 4.42. The lowest BCUT2D eigenvalue weighted by molar-refractivity contribution is 0.191. The average molecular weight is 343 g/mol. The molecule has 2 amide bonds. The van der Waals surface area contributed by atoms with Crippen LogP contribution < -0.4 is 10.9 Å². The number of halogens is 1. The fourth-order valence-electron chi connectivity index (χ4n) is 2.91. The number of carbonyl (C=O) groups is 1. The van der Waals surface area contributed by atoms with E-state index in [9.17, 15) is 14.0 Å². The summed E-state index contributed by atoms with van der Waals surface area (Å²) in [6.07, 6.45) is 1.94. The third kappa shape index (κ3) is 4.26. The van der Waals surface area contributed by atoms with Crippen LogP contribution in [0.25, 0.3) is 0 Å². The van der Waals surface area contributed by atoms with Gasteiger partial charge in [-0.05, 0) is 56.0 Å². The van der Waals surface area contributed by atoms with Gasteiger partial charge in [-0.15, -0.1) is 0 Å². The average Bonchev–Trinajstić information content (AvgIpc) is 3.37. The Kier molecular flexibility index (Phi) is 4.88. The minimum absolute atomic E-state index is 0.172. The number of rotatable bonds is 5. The molecule has 0 unspecified atom stereocenters. The molecule has 132 valence electrons. The Balaban J connectivity index is 1.68. The summed E-state index contributed by atoms with van der Waals surface area (Å²) in [6, 6.07) is 8.06. The maximum Gasteiger partial charge on any atom is 0.318 e. The first-order chi connectivity index (χ1) is 11.9. The van der Waals surface area contributed by atoms with E-state index >= 15 is 0 Å². The molecule has 0 saturated heterocycles. The van der Waals surface area contributed by atoms with Gasteiger partial charge in [-0.2, -0.15) is 0 Å². The lowest BCUT2D eigenvalue weighted by Crippen LogP contribution is -2.41. The molecule has 3 rings (SSSR count). The highest BCUT2D eigenvalue weighted by Crippen LogP contribution is 2.28. The number of benzene rings is 1. The Morgan fingerprint density at radius 1 is 1.28 bits per heavy atom. The summed E-state index contributed by atoms with van der Waals surface area (Å²) < 4.78 is 13.0. The van der Waals surface area contributed by atoms with E-state index in [-0.39, 0.29) is 30.0 Å². The summed E-state index contributed by atoms with van der Waals surface area (Å²) in [7, 11) is 0. The molecule has 1 aromatic heterocycles. The smallest absolute Gasteiger partial charge is 0.318 e. The summed E-state index contributed by atoms with van der Waals surface area (Å²) in [6.45, 7) is 4.31. The summed E-state index contributed by atoms with van der Waals surface area (Å²) >= 11 is 0. The van der Waals surface area contributed by atoms with Crippen molar-refractivity contribution in [3.8, 4) is 0 Å². The number of aryl methyl sites for hydroxylation is 2. The van der Waals surface area contributed by atoms with E-state index in [2.05, 4.69) is 10.3 Å². The molecule has 5 nitrogen and oxygen atoms in total. The van der Waals surface area contributed by atoms with Crippen molar-refractivity contribution >= 4 is 6.03 Å². The molecule has 0 spiro atoms. The number of hydrogen-bond donors (Lipinski definition) is 2. The number of nitrogens with zero attached hydrogens (tertiary/aromatic N) is 1. The molecule has 0 bridgehead atoms. The summed E-state index contributed by atoms with van der Waals surface area (Å²) in [5, 5.41) is 2.85. The highest BCUT2D eigenvalue weighted by molar-refractivity contribution is 5.75. The lowest BCUT2D eigenvalue weighted by atomic mass is 10.1. The standard InChI is InChI=1S/C19H22FN3O2/c1-12-9-13(2)22-18(24)17(12)10-21-19(25)23(16-7-8-16)11-14-3-5-15(20)6-4-14/h3-6,9,16H,7-8,10-11H2,1-2H3,(H,21,25)(H,22,24). The van der Waals surface area contributed by atoms with E-state index < -0.39 is 0 Å². The first-order valence-corrected chi connectivity index (χ1v) is 8.42. The third-order valence-electron chi connectivity index (χ3n) is 4.42. The molecule has 2 aromatic rings. The number of aromatic amines is 1. The van der Waals surface area contributed by atoms with Gasteiger partial charge in [0.1, 0.15) is 5.82 Å². The van der Waals surface area contributed by atoms with Crippen molar-refractivity contribution in [1.29, 1.82) is 0 Å². The van der Waals surface area contributed by atoms with Crippen LogP contribution in [0.1, 0.15) is 35.2 Å². The Morgan fingerprint density at radius 3 is 2.56 bits per heavy atom. The maximum absolute atomic E-state index is 13.0. The second-order valence-electron chi connectivity index (χ2n) is 6.59. The van der Waals surface area contributed by atoms with Crippen molar-refractivity contribution in [1.82, 2.24) is 15.2 Å². The van der Waals surface area contributed by atoms with Crippen molar-refractivity contribution in [3.63, 3.8) is 0 Å². The minimum Gasteiger partial charge on any atom is -0.334 e. The quantitative estimate of drug-likeness (QED) is 0.876. The van der Waals surface area contributed by atoms with Gasteiger partial charge in [-0.1, -0.05) is 12.1 Å². The van der Waals surface area contributed by atoms with Crippen LogP contribution in [0, 0.1) is 19.7 Å². The maximum atomic E-state index is 13.0. The second-order valence-corrected chi connectivity index (χ2v) is 6.59. The van der Waals surface area contributed by atoms with Crippen molar-refractivity contribution in [3.05, 3.63) is 68.9 Å². The highest BCUT2D eigenvalue weighted by Gasteiger charge is 2.32. The lowest BCUT2D eigenvalue weighted by Gasteiger charge is -2.23. The van der Waals surface area contributed by atoms with E-state index in [1.165, 1.54) is 12.1 Å². The minimum atomic E-state index is -0.291. The molecule has 1 heterocycles. The zero-order chi connectivity index (χ0) is 18.0. The van der Waals surface area contributed by atoms with Crippen LogP contribution in [0.5, 0.6) is 0 Å². The summed E-state index contributed by atoms with van der Waals surface area (Å²) in [5.41, 5.74) is 2.94. The van der Waals surface area contributed by atoms with Gasteiger partial charge in [0.15, 0.2) is 0 Å². The van der Waals surface area contributed by atoms with E-state index in [4.69, 9.17) is 0 Å². The van der Waals surface area contributed by atoms with Crippen molar-refractivity contribution in [2.45, 2.75) is 45.8 Å². The fraction of sp³-hybridized carbons (Fsp3) is 0.368. The second kappa shape index (κ2) is 7.09. The van der Waals surface area contributed by atoms with Gasteiger partial charge in [0.2, 0.25) is 0 Å². The Hall–Kier alpha value is -2.63. The zero-order valence-corrected chi connectivity index (χ0v) is 14.4. The number of nitrogens with one attached hydrogen (secondary N) is 2. The van der Waals surface area contributed by atoms with E-state index in [1.54, 1.807) is 17.0 Å². The first-order valence-electron chi connectivity index (χ1n) is 8.42. The normalized spacial score (nSPS) is 13.6. The molecule has 6 heteroatoms. The van der Waals surface area contributed by atoms with Crippen LogP contribution in [0.4, 0.5) is 9.18 Å². The van der Waals surface area contributed by atoms with Crippen LogP contribution >= 0.6 is 0 Å². The van der Waals surface area contributed by atoms with Gasteiger partial charge in [0.05, 0.1) is 6.54 Å². The van der Waals surface area contributed by atoms with Gasteiger partial charge in [0, 0.05) is 23.8 Å². The van der Waals surface area contributed by atoms with Gasteiger partial charge in [-0.3, -0.25) is 4.79 Å². The SMILES string of the molecule is Cc1cc(C)c(CNC(=O)N(Cc2ccc(F)cc2)C2CC2)c(=O)[nH]1. The number of aromatic nitrogens is 1. The topological polar surface area (TPSA) is 65.2 Å².